The molecule has 2 atom stereocenters. The van der Waals surface area contributed by atoms with Gasteiger partial charge in [0.2, 0.25) is 5.91 Å². The molecular formula is C22H29N2O4S+. The highest BCUT2D eigenvalue weighted by Gasteiger charge is 2.38. The third kappa shape index (κ3) is 4.26. The Balaban J connectivity index is 1.40. The smallest absolute Gasteiger partial charge is 0.230 e. The van der Waals surface area contributed by atoms with Gasteiger partial charge in [-0.2, -0.15) is 0 Å². The first-order chi connectivity index (χ1) is 13.9. The average molecular weight is 418 g/mol. The van der Waals surface area contributed by atoms with Crippen LogP contribution in [0.15, 0.2) is 36.4 Å². The van der Waals surface area contributed by atoms with Crippen LogP contribution in [0.3, 0.4) is 0 Å². The minimum atomic E-state index is -2.86. The molecule has 6 nitrogen and oxygen atoms in total. The highest BCUT2D eigenvalue weighted by Crippen LogP contribution is 2.26. The van der Waals surface area contributed by atoms with Crippen molar-refractivity contribution in [2.24, 2.45) is 0 Å². The Morgan fingerprint density at radius 1 is 1.14 bits per heavy atom. The van der Waals surface area contributed by atoms with Gasteiger partial charge in [0.05, 0.1) is 45.0 Å². The van der Waals surface area contributed by atoms with Crippen LogP contribution < -0.4 is 9.64 Å². The van der Waals surface area contributed by atoms with E-state index in [9.17, 15) is 13.2 Å². The lowest BCUT2D eigenvalue weighted by atomic mass is 9.96. The van der Waals surface area contributed by atoms with Crippen LogP contribution in [0.4, 0.5) is 0 Å². The summed E-state index contributed by atoms with van der Waals surface area (Å²) in [5.41, 5.74) is 1.02. The number of rotatable bonds is 4. The molecule has 2 aliphatic rings. The van der Waals surface area contributed by atoms with Crippen LogP contribution in [0.25, 0.3) is 10.8 Å². The second-order valence-corrected chi connectivity index (χ2v) is 10.5. The van der Waals surface area contributed by atoms with E-state index < -0.39 is 9.84 Å². The molecular weight excluding hydrogens is 388 g/mol. The molecule has 0 unspecified atom stereocenters. The summed E-state index contributed by atoms with van der Waals surface area (Å²) < 4.78 is 28.8. The maximum Gasteiger partial charge on any atom is 0.230 e. The van der Waals surface area contributed by atoms with Crippen molar-refractivity contribution in [2.45, 2.75) is 25.3 Å². The van der Waals surface area contributed by atoms with Crippen LogP contribution >= 0.6 is 0 Å². The van der Waals surface area contributed by atoms with E-state index >= 15 is 0 Å². The van der Waals surface area contributed by atoms with Gasteiger partial charge in [-0.3, -0.25) is 4.79 Å². The minimum Gasteiger partial charge on any atom is -0.497 e. The lowest BCUT2D eigenvalue weighted by molar-refractivity contribution is -0.925. The molecule has 0 radical (unpaired) electrons. The zero-order valence-electron chi connectivity index (χ0n) is 17.1. The molecule has 1 N–H and O–H groups in total. The Kier molecular flexibility index (Phi) is 5.53. The summed E-state index contributed by atoms with van der Waals surface area (Å²) in [7, 11) is -1.20. The van der Waals surface area contributed by atoms with Crippen LogP contribution in [0.2, 0.25) is 0 Å². The molecule has 2 aliphatic heterocycles. The number of hydrogen-bond acceptors (Lipinski definition) is 4. The second kappa shape index (κ2) is 7.95. The highest BCUT2D eigenvalue weighted by atomic mass is 32.2. The van der Waals surface area contributed by atoms with Crippen LogP contribution in [-0.2, 0) is 14.6 Å². The summed E-state index contributed by atoms with van der Waals surface area (Å²) in [5, 5.41) is 2.19. The first-order valence-electron chi connectivity index (χ1n) is 10.3. The predicted molar refractivity (Wildman–Crippen MR) is 113 cm³/mol. The summed E-state index contributed by atoms with van der Waals surface area (Å²) in [5.74, 6) is 1.39. The van der Waals surface area contributed by atoms with E-state index in [1.807, 2.05) is 42.2 Å². The third-order valence-corrected chi connectivity index (χ3v) is 8.24. The molecule has 0 aromatic heterocycles. The molecule has 7 heteroatoms. The minimum absolute atomic E-state index is 0.149. The molecule has 0 bridgehead atoms. The average Bonchev–Trinajstić information content (AvgIpc) is 3.11. The van der Waals surface area contributed by atoms with E-state index in [2.05, 4.69) is 6.07 Å². The van der Waals surface area contributed by atoms with Crippen molar-refractivity contribution in [3.63, 3.8) is 0 Å². The lowest BCUT2D eigenvalue weighted by Gasteiger charge is -2.36. The van der Waals surface area contributed by atoms with Gasteiger partial charge in [-0.1, -0.05) is 24.3 Å². The number of nitrogens with one attached hydrogen (secondary N) is 1. The first-order valence-corrected chi connectivity index (χ1v) is 12.1. The fourth-order valence-electron chi connectivity index (χ4n) is 4.59. The van der Waals surface area contributed by atoms with Crippen LogP contribution in [0, 0.1) is 0 Å². The quantitative estimate of drug-likeness (QED) is 0.802. The fraction of sp³-hybridized carbons (Fsp3) is 0.500. The van der Waals surface area contributed by atoms with Crippen LogP contribution in [0.5, 0.6) is 5.75 Å². The van der Waals surface area contributed by atoms with Crippen LogP contribution in [-0.4, -0.2) is 70.1 Å². The summed E-state index contributed by atoms with van der Waals surface area (Å²) >= 11 is 0. The van der Waals surface area contributed by atoms with Crippen molar-refractivity contribution in [1.29, 1.82) is 0 Å². The van der Waals surface area contributed by atoms with Gasteiger partial charge in [0.25, 0.3) is 0 Å². The number of fused-ring (bicyclic) bond motifs is 1. The predicted octanol–water partition coefficient (Wildman–Crippen LogP) is 0.866. The Labute approximate surface area is 172 Å². The van der Waals surface area contributed by atoms with Gasteiger partial charge in [0.1, 0.15) is 17.5 Å². The standard InChI is InChI=1S/C22H28N2O4S/c1-16(17-3-4-19-14-21(28-2)6-5-18(19)13-17)22(25)24-10-8-23(9-11-24)20-7-12-29(26,27)15-20/h3-6,13-14,16,20H,7-12,15H2,1-2H3/p+1/t16-,20+/m0/s1. The number of amides is 1. The van der Waals surface area contributed by atoms with Gasteiger partial charge in [0, 0.05) is 6.42 Å². The zero-order chi connectivity index (χ0) is 20.6. The molecule has 1 amide bonds. The van der Waals surface area contributed by atoms with Gasteiger partial charge in [-0.25, -0.2) is 8.42 Å². The number of hydrogen-bond donors (Lipinski definition) is 1. The maximum absolute atomic E-state index is 13.1. The molecule has 2 aromatic rings. The van der Waals surface area contributed by atoms with Gasteiger partial charge in [0.15, 0.2) is 9.84 Å². The van der Waals surface area contributed by atoms with Gasteiger partial charge < -0.3 is 14.5 Å². The number of ether oxygens (including phenoxy) is 1. The highest BCUT2D eigenvalue weighted by molar-refractivity contribution is 7.91. The molecule has 0 spiro atoms. The number of piperazine rings is 1. The SMILES string of the molecule is COc1ccc2cc([C@H](C)C(=O)N3CC[NH+]([C@@H]4CCS(=O)(=O)C4)CC3)ccc2c1. The number of sulfone groups is 1. The Morgan fingerprint density at radius 2 is 1.83 bits per heavy atom. The molecule has 0 saturated carbocycles. The van der Waals surface area contributed by atoms with E-state index in [0.717, 1.165) is 41.6 Å². The van der Waals surface area contributed by atoms with Gasteiger partial charge in [-0.05, 0) is 35.4 Å². The van der Waals surface area contributed by atoms with Gasteiger partial charge >= 0.3 is 0 Å². The Hall–Kier alpha value is -2.12. The zero-order valence-corrected chi connectivity index (χ0v) is 17.9. The molecule has 2 heterocycles. The lowest BCUT2D eigenvalue weighted by Crippen LogP contribution is -3.18. The Morgan fingerprint density at radius 3 is 2.48 bits per heavy atom. The summed E-state index contributed by atoms with van der Waals surface area (Å²) in [4.78, 5) is 16.3. The molecule has 2 fully saturated rings. The van der Waals surface area contributed by atoms with E-state index in [-0.39, 0.29) is 17.9 Å². The fourth-order valence-corrected chi connectivity index (χ4v) is 6.42. The number of carbonyl (C=O) groups is 1. The van der Waals surface area contributed by atoms with E-state index in [0.29, 0.717) is 24.6 Å². The van der Waals surface area contributed by atoms with Crippen molar-refractivity contribution >= 4 is 26.5 Å². The van der Waals surface area contributed by atoms with Crippen molar-refractivity contribution < 1.29 is 22.8 Å². The number of methoxy groups -OCH3 is 1. The van der Waals surface area contributed by atoms with Gasteiger partial charge in [-0.15, -0.1) is 0 Å². The molecule has 156 valence electrons. The van der Waals surface area contributed by atoms with Crippen molar-refractivity contribution in [1.82, 2.24) is 4.90 Å². The number of quaternary nitrogens is 1. The topological polar surface area (TPSA) is 68.1 Å². The molecule has 4 rings (SSSR count). The summed E-state index contributed by atoms with van der Waals surface area (Å²) in [6, 6.07) is 12.3. The van der Waals surface area contributed by atoms with E-state index in [1.165, 1.54) is 4.90 Å². The second-order valence-electron chi connectivity index (χ2n) is 8.28. The van der Waals surface area contributed by atoms with Crippen molar-refractivity contribution in [2.75, 3.05) is 44.8 Å². The number of nitrogens with zero attached hydrogens (tertiary/aromatic N) is 1. The molecule has 0 aliphatic carbocycles. The summed E-state index contributed by atoms with van der Waals surface area (Å²) in [6.45, 7) is 5.02. The third-order valence-electron chi connectivity index (χ3n) is 6.47. The first kappa shape index (κ1) is 20.2. The van der Waals surface area contributed by atoms with E-state index in [4.69, 9.17) is 4.74 Å². The monoisotopic (exact) mass is 417 g/mol. The van der Waals surface area contributed by atoms with Crippen LogP contribution in [0.1, 0.15) is 24.8 Å². The number of carbonyl (C=O) groups excluding carboxylic acids is 1. The molecule has 2 aromatic carbocycles. The largest absolute Gasteiger partial charge is 0.497 e. The summed E-state index contributed by atoms with van der Waals surface area (Å²) in [6.07, 6.45) is 0.754. The van der Waals surface area contributed by atoms with E-state index in [1.54, 1.807) is 7.11 Å². The Bertz CT molecular complexity index is 1010. The number of benzene rings is 2. The van der Waals surface area contributed by atoms with Crippen molar-refractivity contribution in [3.05, 3.63) is 42.0 Å². The molecule has 29 heavy (non-hydrogen) atoms. The van der Waals surface area contributed by atoms with Crippen molar-refractivity contribution in [3.8, 4) is 5.75 Å². The normalized spacial score (nSPS) is 23.2. The molecule has 2 saturated heterocycles. The maximum atomic E-state index is 13.1.